The van der Waals surface area contributed by atoms with Gasteiger partial charge in [-0.25, -0.2) is 8.42 Å². The van der Waals surface area contributed by atoms with Crippen LogP contribution < -0.4 is 4.74 Å². The van der Waals surface area contributed by atoms with Gasteiger partial charge in [-0.05, 0) is 59.0 Å². The van der Waals surface area contributed by atoms with Crippen LogP contribution in [0.3, 0.4) is 0 Å². The van der Waals surface area contributed by atoms with Crippen LogP contribution in [0.4, 0.5) is 5.69 Å². The van der Waals surface area contributed by atoms with Crippen molar-refractivity contribution in [2.75, 3.05) is 13.2 Å². The molecule has 0 aliphatic rings. The van der Waals surface area contributed by atoms with Crippen LogP contribution in [0.2, 0.25) is 0 Å². The molecule has 5 aromatic rings. The van der Waals surface area contributed by atoms with Crippen molar-refractivity contribution in [3.8, 4) is 5.75 Å². The van der Waals surface area contributed by atoms with Crippen molar-refractivity contribution >= 4 is 15.5 Å². The van der Waals surface area contributed by atoms with Gasteiger partial charge in [0.1, 0.15) is 6.61 Å². The molecule has 0 saturated heterocycles. The third-order valence-electron chi connectivity index (χ3n) is 7.92. The number of sulfone groups is 1. The molecule has 10 heteroatoms. The molecule has 5 aromatic carbocycles. The van der Waals surface area contributed by atoms with Crippen LogP contribution in [0.5, 0.6) is 5.75 Å². The van der Waals surface area contributed by atoms with Gasteiger partial charge in [0.15, 0.2) is 5.75 Å². The molecule has 2 atom stereocenters. The molecule has 5 rings (SSSR count). The average molecular weight is 653 g/mol. The third kappa shape index (κ3) is 8.69. The maximum Gasteiger partial charge on any atom is 0.311 e. The van der Waals surface area contributed by atoms with Crippen LogP contribution in [0, 0.1) is 10.1 Å². The van der Waals surface area contributed by atoms with Crippen molar-refractivity contribution in [2.45, 2.75) is 41.5 Å². The Bertz CT molecular complexity index is 1850. The molecule has 0 radical (unpaired) electrons. The monoisotopic (exact) mass is 652 g/mol. The highest BCUT2D eigenvalue weighted by atomic mass is 32.2. The number of hydrogen-bond acceptors (Lipinski definition) is 8. The van der Waals surface area contributed by atoms with Gasteiger partial charge in [0.25, 0.3) is 0 Å². The Hall–Kier alpha value is -4.87. The van der Waals surface area contributed by atoms with Crippen LogP contribution in [0.25, 0.3) is 0 Å². The summed E-state index contributed by atoms with van der Waals surface area (Å²) in [5, 5.41) is 33.9. The van der Waals surface area contributed by atoms with E-state index >= 15 is 0 Å². The van der Waals surface area contributed by atoms with Crippen molar-refractivity contribution in [1.29, 1.82) is 0 Å². The predicted octanol–water partition coefficient (Wildman–Crippen LogP) is 6.15. The van der Waals surface area contributed by atoms with Gasteiger partial charge < -0.3 is 14.9 Å². The second-order valence-electron chi connectivity index (χ2n) is 11.2. The molecular formula is C37H36N2O7S. The van der Waals surface area contributed by atoms with E-state index in [0.29, 0.717) is 18.5 Å². The van der Waals surface area contributed by atoms with Crippen LogP contribution in [0.1, 0.15) is 28.4 Å². The number of hydrogen-bond donors (Lipinski definition) is 2. The molecule has 0 aliphatic carbocycles. The fourth-order valence-corrected chi connectivity index (χ4v) is 6.63. The molecule has 0 saturated carbocycles. The van der Waals surface area contributed by atoms with Gasteiger partial charge in [0.2, 0.25) is 9.84 Å². The van der Waals surface area contributed by atoms with E-state index in [4.69, 9.17) is 4.74 Å². The molecule has 9 nitrogen and oxygen atoms in total. The Kier molecular flexibility index (Phi) is 11.1. The highest BCUT2D eigenvalue weighted by molar-refractivity contribution is 7.91. The summed E-state index contributed by atoms with van der Waals surface area (Å²) in [4.78, 5) is 13.7. The maximum atomic E-state index is 13.1. The number of aliphatic hydroxyl groups excluding tert-OH is 2. The summed E-state index contributed by atoms with van der Waals surface area (Å²) in [5.74, 6) is 0.0990. The van der Waals surface area contributed by atoms with Crippen molar-refractivity contribution in [1.82, 2.24) is 4.90 Å². The molecule has 0 aromatic heterocycles. The average Bonchev–Trinajstić information content (AvgIpc) is 3.10. The second-order valence-corrected chi connectivity index (χ2v) is 13.1. The summed E-state index contributed by atoms with van der Waals surface area (Å²) in [5.41, 5.74) is 2.72. The Morgan fingerprint density at radius 1 is 0.745 bits per heavy atom. The fraction of sp³-hybridized carbons (Fsp3) is 0.189. The van der Waals surface area contributed by atoms with Crippen molar-refractivity contribution < 1.29 is 28.3 Å². The summed E-state index contributed by atoms with van der Waals surface area (Å²) < 4.78 is 31.9. The topological polar surface area (TPSA) is 130 Å². The first-order valence-corrected chi connectivity index (χ1v) is 16.6. The highest BCUT2D eigenvalue weighted by Crippen LogP contribution is 2.32. The summed E-state index contributed by atoms with van der Waals surface area (Å²) in [6.07, 6.45) is -0.748. The lowest BCUT2D eigenvalue weighted by Crippen LogP contribution is -2.41. The van der Waals surface area contributed by atoms with E-state index < -0.39 is 26.9 Å². The zero-order valence-corrected chi connectivity index (χ0v) is 26.4. The summed E-state index contributed by atoms with van der Waals surface area (Å²) in [6, 6.07) is 37.7. The molecule has 2 N–H and O–H groups in total. The molecule has 0 fully saturated rings. The minimum Gasteiger partial charge on any atom is -0.482 e. The SMILES string of the molecule is O=[N+]([O-])c1cc([C@H](O)CN(Cc2ccccc2)[C@H](CO)Cc2ccc(S(=O)(=O)c3ccccc3)cc2)ccc1OCc1ccccc1. The van der Waals surface area contributed by atoms with Crippen LogP contribution in [-0.2, 0) is 29.4 Å². The van der Waals surface area contributed by atoms with Crippen molar-refractivity contribution in [3.63, 3.8) is 0 Å². The number of rotatable bonds is 15. The van der Waals surface area contributed by atoms with Crippen LogP contribution in [0.15, 0.2) is 143 Å². The lowest BCUT2D eigenvalue weighted by molar-refractivity contribution is -0.386. The van der Waals surface area contributed by atoms with E-state index in [9.17, 15) is 28.7 Å². The number of benzene rings is 5. The third-order valence-corrected chi connectivity index (χ3v) is 9.71. The fourth-order valence-electron chi connectivity index (χ4n) is 5.35. The summed E-state index contributed by atoms with van der Waals surface area (Å²) in [7, 11) is -3.67. The van der Waals surface area contributed by atoms with Crippen LogP contribution in [-0.4, -0.2) is 47.6 Å². The Labute approximate surface area is 274 Å². The summed E-state index contributed by atoms with van der Waals surface area (Å²) in [6.45, 7) is 0.383. The standard InChI is InChI=1S/C37H36N2O7S/c40-26-32(22-28-16-19-34(20-17-28)47(44,45)33-14-8-3-9-15-33)38(24-29-10-4-1-5-11-29)25-36(41)31-18-21-37(35(23-31)39(42)43)46-27-30-12-6-2-7-13-30/h1-21,23,32,36,40-41H,22,24-27H2/t32-,36+/m0/s1. The molecule has 0 bridgehead atoms. The number of nitro groups is 1. The minimum atomic E-state index is -3.67. The lowest BCUT2D eigenvalue weighted by Gasteiger charge is -2.32. The van der Waals surface area contributed by atoms with E-state index in [2.05, 4.69) is 0 Å². The van der Waals surface area contributed by atoms with E-state index in [0.717, 1.165) is 16.7 Å². The molecule has 0 spiro atoms. The van der Waals surface area contributed by atoms with Crippen molar-refractivity contribution in [2.24, 2.45) is 0 Å². The molecule has 0 amide bonds. The van der Waals surface area contributed by atoms with Gasteiger partial charge in [-0.1, -0.05) is 97.1 Å². The molecule has 47 heavy (non-hydrogen) atoms. The smallest absolute Gasteiger partial charge is 0.311 e. The number of ether oxygens (including phenoxy) is 1. The van der Waals surface area contributed by atoms with E-state index in [1.807, 2.05) is 65.6 Å². The first-order chi connectivity index (χ1) is 22.7. The molecular weight excluding hydrogens is 616 g/mol. The largest absolute Gasteiger partial charge is 0.482 e. The van der Waals surface area contributed by atoms with Crippen LogP contribution >= 0.6 is 0 Å². The van der Waals surface area contributed by atoms with E-state index in [1.54, 1.807) is 60.7 Å². The quantitative estimate of drug-likeness (QED) is 0.102. The van der Waals surface area contributed by atoms with Gasteiger partial charge in [-0.3, -0.25) is 15.0 Å². The maximum absolute atomic E-state index is 13.1. The molecule has 0 unspecified atom stereocenters. The number of nitrogens with zero attached hydrogens (tertiary/aromatic N) is 2. The van der Waals surface area contributed by atoms with Gasteiger partial charge >= 0.3 is 5.69 Å². The predicted molar refractivity (Wildman–Crippen MR) is 179 cm³/mol. The molecule has 0 heterocycles. The Morgan fingerprint density at radius 3 is 1.91 bits per heavy atom. The number of nitro benzene ring substituents is 1. The van der Waals surface area contributed by atoms with Gasteiger partial charge in [-0.2, -0.15) is 0 Å². The first-order valence-electron chi connectivity index (χ1n) is 15.2. The second kappa shape index (κ2) is 15.6. The zero-order valence-electron chi connectivity index (χ0n) is 25.6. The van der Waals surface area contributed by atoms with E-state index in [1.165, 1.54) is 12.1 Å². The van der Waals surface area contributed by atoms with Gasteiger partial charge in [0.05, 0.1) is 27.4 Å². The molecule has 0 aliphatic heterocycles. The zero-order chi connectivity index (χ0) is 33.2. The Balaban J connectivity index is 1.35. The summed E-state index contributed by atoms with van der Waals surface area (Å²) >= 11 is 0. The lowest BCUT2D eigenvalue weighted by atomic mass is 10.0. The normalized spacial score (nSPS) is 12.8. The van der Waals surface area contributed by atoms with Gasteiger partial charge in [0, 0.05) is 25.2 Å². The Morgan fingerprint density at radius 2 is 1.32 bits per heavy atom. The van der Waals surface area contributed by atoms with E-state index in [-0.39, 0.29) is 41.0 Å². The highest BCUT2D eigenvalue weighted by Gasteiger charge is 2.25. The van der Waals surface area contributed by atoms with Crippen molar-refractivity contribution in [3.05, 3.63) is 166 Å². The number of aliphatic hydroxyl groups is 2. The minimum absolute atomic E-state index is 0.0714. The van der Waals surface area contributed by atoms with Gasteiger partial charge in [-0.15, -0.1) is 0 Å². The first kappa shape index (κ1) is 33.5. The molecule has 242 valence electrons.